The van der Waals surface area contributed by atoms with Crippen LogP contribution in [0.3, 0.4) is 0 Å². The van der Waals surface area contributed by atoms with Gasteiger partial charge < -0.3 is 15.8 Å². The third-order valence-corrected chi connectivity index (χ3v) is 10.5. The van der Waals surface area contributed by atoms with Gasteiger partial charge in [-0.15, -0.1) is 0 Å². The Labute approximate surface area is 307 Å². The van der Waals surface area contributed by atoms with Crippen molar-refractivity contribution < 1.29 is 39.9 Å². The first-order valence-corrected chi connectivity index (χ1v) is 18.3. The fraction of sp³-hybridized carbons (Fsp3) is 0.324. The van der Waals surface area contributed by atoms with Crippen LogP contribution < -0.4 is 11.1 Å². The van der Waals surface area contributed by atoms with Gasteiger partial charge in [-0.1, -0.05) is 47.9 Å². The number of nitrogens with one attached hydrogen (secondary N) is 1. The van der Waals surface area contributed by atoms with Crippen molar-refractivity contribution in [2.24, 2.45) is 0 Å². The lowest BCUT2D eigenvalue weighted by molar-refractivity contribution is -0.141. The van der Waals surface area contributed by atoms with Crippen LogP contribution >= 0.6 is 11.6 Å². The third kappa shape index (κ3) is 8.82. The van der Waals surface area contributed by atoms with Gasteiger partial charge in [-0.2, -0.15) is 18.3 Å². The SMILES string of the molecule is CC(C)(C)OC(=O)N[C@@H](Cc1cc(F)cc(F)c1)c1nc(C#CC(C)(C)S(C)(=O)=O)c2ccccc2c1-c1ccc(Cl)c2c(N)nn(CC(F)(F)F)c12. The number of pyridine rings is 1. The van der Waals surface area contributed by atoms with E-state index in [1.165, 1.54) is 26.0 Å². The van der Waals surface area contributed by atoms with Crippen molar-refractivity contribution in [1.29, 1.82) is 0 Å². The van der Waals surface area contributed by atoms with Crippen LogP contribution in [0.15, 0.2) is 54.6 Å². The Kier molecular flexibility index (Phi) is 10.5. The monoisotopic (exact) mass is 775 g/mol. The number of ether oxygens (including phenoxy) is 1. The van der Waals surface area contributed by atoms with Crippen molar-refractivity contribution in [3.05, 3.63) is 88.2 Å². The van der Waals surface area contributed by atoms with E-state index in [-0.39, 0.29) is 56.2 Å². The van der Waals surface area contributed by atoms with E-state index in [1.807, 2.05) is 0 Å². The number of anilines is 1. The molecule has 3 aromatic carbocycles. The van der Waals surface area contributed by atoms with Crippen LogP contribution in [0.1, 0.15) is 57.6 Å². The smallest absolute Gasteiger partial charge is 0.408 e. The van der Waals surface area contributed by atoms with E-state index in [9.17, 15) is 35.2 Å². The molecule has 0 radical (unpaired) electrons. The number of carbonyl (C=O) groups excluding carboxylic acids is 1. The molecule has 0 saturated carbocycles. The molecule has 0 unspecified atom stereocenters. The normalized spacial score (nSPS) is 13.1. The number of alkyl carbamates (subject to hydrolysis) is 1. The first-order chi connectivity index (χ1) is 24.4. The topological polar surface area (TPSA) is 129 Å². The van der Waals surface area contributed by atoms with Gasteiger partial charge in [-0.3, -0.25) is 4.68 Å². The molecule has 1 amide bonds. The summed E-state index contributed by atoms with van der Waals surface area (Å²) in [5.74, 6) is 3.54. The number of sulfone groups is 1. The van der Waals surface area contributed by atoms with Crippen molar-refractivity contribution in [2.45, 2.75) is 70.2 Å². The second-order valence-corrected chi connectivity index (χ2v) is 16.9. The molecular formula is C37H35ClF5N5O4S. The van der Waals surface area contributed by atoms with Gasteiger partial charge in [0.25, 0.3) is 0 Å². The van der Waals surface area contributed by atoms with Crippen molar-refractivity contribution in [2.75, 3.05) is 12.0 Å². The molecule has 280 valence electrons. The van der Waals surface area contributed by atoms with Gasteiger partial charge >= 0.3 is 12.3 Å². The Morgan fingerprint density at radius 1 is 1.02 bits per heavy atom. The summed E-state index contributed by atoms with van der Waals surface area (Å²) in [6.07, 6.45) is -4.95. The van der Waals surface area contributed by atoms with Crippen molar-refractivity contribution in [3.8, 4) is 23.0 Å². The van der Waals surface area contributed by atoms with Crippen LogP contribution in [-0.2, 0) is 27.5 Å². The van der Waals surface area contributed by atoms with E-state index in [1.54, 1.807) is 45.0 Å². The molecule has 1 atom stereocenters. The summed E-state index contributed by atoms with van der Waals surface area (Å²) in [7, 11) is -3.70. The number of amides is 1. The first-order valence-electron chi connectivity index (χ1n) is 16.1. The number of benzene rings is 3. The molecule has 5 rings (SSSR count). The van der Waals surface area contributed by atoms with Gasteiger partial charge in [0.2, 0.25) is 0 Å². The molecule has 0 aliphatic carbocycles. The quantitative estimate of drug-likeness (QED) is 0.126. The number of aromatic nitrogens is 3. The number of fused-ring (bicyclic) bond motifs is 2. The summed E-state index contributed by atoms with van der Waals surface area (Å²) >= 11 is 6.50. The minimum atomic E-state index is -4.73. The fourth-order valence-electron chi connectivity index (χ4n) is 5.64. The molecular weight excluding hydrogens is 741 g/mol. The van der Waals surface area contributed by atoms with Gasteiger partial charge in [0.05, 0.1) is 27.7 Å². The molecule has 0 aliphatic heterocycles. The van der Waals surface area contributed by atoms with E-state index < -0.39 is 56.7 Å². The Hall–Kier alpha value is -4.94. The summed E-state index contributed by atoms with van der Waals surface area (Å²) in [6.45, 7) is 6.15. The Morgan fingerprint density at radius 3 is 2.23 bits per heavy atom. The van der Waals surface area contributed by atoms with E-state index in [0.29, 0.717) is 21.5 Å². The highest BCUT2D eigenvalue weighted by Crippen LogP contribution is 2.43. The summed E-state index contributed by atoms with van der Waals surface area (Å²) in [5.41, 5.74) is 5.46. The van der Waals surface area contributed by atoms with Gasteiger partial charge in [0.15, 0.2) is 15.7 Å². The van der Waals surface area contributed by atoms with Crippen LogP contribution in [0, 0.1) is 23.5 Å². The number of rotatable bonds is 7. The molecule has 3 N–H and O–H groups in total. The first kappa shape index (κ1) is 39.3. The van der Waals surface area contributed by atoms with Crippen LogP contribution in [0.2, 0.25) is 5.02 Å². The maximum absolute atomic E-state index is 14.5. The summed E-state index contributed by atoms with van der Waals surface area (Å²) in [5, 5.41) is 7.46. The van der Waals surface area contributed by atoms with E-state index in [2.05, 4.69) is 22.3 Å². The number of nitrogen functional groups attached to an aromatic ring is 1. The minimum Gasteiger partial charge on any atom is -0.444 e. The number of nitrogens with zero attached hydrogens (tertiary/aromatic N) is 3. The molecule has 16 heteroatoms. The lowest BCUT2D eigenvalue weighted by atomic mass is 9.89. The predicted molar refractivity (Wildman–Crippen MR) is 194 cm³/mol. The molecule has 0 bridgehead atoms. The zero-order valence-corrected chi connectivity index (χ0v) is 31.0. The fourth-order valence-corrected chi connectivity index (χ4v) is 6.13. The summed E-state index contributed by atoms with van der Waals surface area (Å²) in [6, 6.07) is 11.0. The Balaban J connectivity index is 1.94. The molecule has 0 saturated heterocycles. The maximum Gasteiger partial charge on any atom is 0.408 e. The van der Waals surface area contributed by atoms with E-state index in [4.69, 9.17) is 27.1 Å². The molecule has 2 heterocycles. The number of halogens is 6. The summed E-state index contributed by atoms with van der Waals surface area (Å²) in [4.78, 5) is 18.3. The average molecular weight is 776 g/mol. The Morgan fingerprint density at radius 2 is 1.64 bits per heavy atom. The predicted octanol–water partition coefficient (Wildman–Crippen LogP) is 8.31. The second-order valence-electron chi connectivity index (χ2n) is 14.0. The molecule has 0 fully saturated rings. The van der Waals surface area contributed by atoms with E-state index >= 15 is 0 Å². The number of hydrogen-bond acceptors (Lipinski definition) is 7. The Bertz CT molecular complexity index is 2410. The van der Waals surface area contributed by atoms with Crippen LogP contribution in [-0.4, -0.2) is 52.1 Å². The van der Waals surface area contributed by atoms with E-state index in [0.717, 1.165) is 18.4 Å². The van der Waals surface area contributed by atoms with Gasteiger partial charge in [0.1, 0.15) is 34.2 Å². The highest BCUT2D eigenvalue weighted by molar-refractivity contribution is 7.92. The van der Waals surface area contributed by atoms with Crippen molar-refractivity contribution in [1.82, 2.24) is 20.1 Å². The number of nitrogens with two attached hydrogens (primary N) is 1. The molecule has 0 aliphatic rings. The van der Waals surface area contributed by atoms with Gasteiger partial charge in [-0.25, -0.2) is 27.0 Å². The second kappa shape index (κ2) is 14.1. The number of alkyl halides is 3. The lowest BCUT2D eigenvalue weighted by Gasteiger charge is -2.26. The highest BCUT2D eigenvalue weighted by atomic mass is 35.5. The zero-order chi connectivity index (χ0) is 39.3. The van der Waals surface area contributed by atoms with Crippen LogP contribution in [0.5, 0.6) is 0 Å². The van der Waals surface area contributed by atoms with Crippen LogP contribution in [0.25, 0.3) is 32.8 Å². The summed E-state index contributed by atoms with van der Waals surface area (Å²) < 4.78 is 101. The molecule has 2 aromatic heterocycles. The van der Waals surface area contributed by atoms with Gasteiger partial charge in [-0.05, 0) is 76.1 Å². The molecule has 53 heavy (non-hydrogen) atoms. The minimum absolute atomic E-state index is 0.0114. The largest absolute Gasteiger partial charge is 0.444 e. The highest BCUT2D eigenvalue weighted by Gasteiger charge is 2.33. The average Bonchev–Trinajstić information content (AvgIpc) is 3.32. The van der Waals surface area contributed by atoms with Gasteiger partial charge in [0, 0.05) is 28.8 Å². The molecule has 9 nitrogen and oxygen atoms in total. The number of hydrogen-bond donors (Lipinski definition) is 2. The zero-order valence-electron chi connectivity index (χ0n) is 29.4. The third-order valence-electron chi connectivity index (χ3n) is 8.20. The molecule has 0 spiro atoms. The number of carbonyl (C=O) groups is 1. The van der Waals surface area contributed by atoms with Crippen molar-refractivity contribution in [3.63, 3.8) is 0 Å². The maximum atomic E-state index is 14.5. The standard InChI is InChI=1S/C37H35ClF5N5O4S/c1-35(2,3)52-34(49)46-28(17-20-15-21(39)18-22(40)16-20)31-29(25-11-12-26(38)30-32(25)48(47-33(30)44)19-37(41,42)43)24-10-8-7-9-23(24)27(45-31)13-14-36(4,5)53(6,50)51/h7-12,15-16,18,28H,17,19H2,1-6H3,(H2,44,47)(H,46,49)/t28-/m0/s1. The van der Waals surface area contributed by atoms with Crippen LogP contribution in [0.4, 0.5) is 32.6 Å². The lowest BCUT2D eigenvalue weighted by Crippen LogP contribution is -2.36. The van der Waals surface area contributed by atoms with Crippen molar-refractivity contribution >= 4 is 55.0 Å². The molecule has 5 aromatic rings.